The van der Waals surface area contributed by atoms with E-state index in [4.69, 9.17) is 4.74 Å². The predicted molar refractivity (Wildman–Crippen MR) is 129 cm³/mol. The number of hydrogen-bond donors (Lipinski definition) is 2. The van der Waals surface area contributed by atoms with Crippen molar-refractivity contribution in [3.05, 3.63) is 59.0 Å². The largest absolute Gasteiger partial charge is 0.486 e. The molecule has 2 aromatic heterocycles. The number of carbonyl (C=O) groups excluding carboxylic acids is 4. The normalized spacial score (nSPS) is 16.0. The summed E-state index contributed by atoms with van der Waals surface area (Å²) < 4.78 is 6.75. The molecule has 0 unspecified atom stereocenters. The number of ketones is 2. The van der Waals surface area contributed by atoms with Gasteiger partial charge in [-0.15, -0.1) is 0 Å². The Kier molecular flexibility index (Phi) is 6.49. The average Bonchev–Trinajstić information content (AvgIpc) is 3.32. The van der Waals surface area contributed by atoms with E-state index in [0.29, 0.717) is 30.2 Å². The molecule has 1 aliphatic heterocycles. The zero-order valence-corrected chi connectivity index (χ0v) is 20.0. The number of nitrogens with one attached hydrogen (secondary N) is 2. The summed E-state index contributed by atoms with van der Waals surface area (Å²) in [6, 6.07) is 7.76. The molecule has 10 nitrogen and oxygen atoms in total. The first-order chi connectivity index (χ1) is 17.4. The molecule has 186 valence electrons. The van der Waals surface area contributed by atoms with Crippen molar-refractivity contribution in [3.63, 3.8) is 0 Å². The Bertz CT molecular complexity index is 1360. The van der Waals surface area contributed by atoms with Crippen LogP contribution in [-0.4, -0.2) is 50.6 Å². The molecular weight excluding hydrogens is 462 g/mol. The van der Waals surface area contributed by atoms with Gasteiger partial charge in [-0.05, 0) is 30.5 Å². The molecular formula is C26H27N5O5. The van der Waals surface area contributed by atoms with Crippen molar-refractivity contribution in [3.8, 4) is 5.75 Å². The Morgan fingerprint density at radius 2 is 2.00 bits per heavy atom. The summed E-state index contributed by atoms with van der Waals surface area (Å²) in [7, 11) is 0. The van der Waals surface area contributed by atoms with Crippen LogP contribution in [0.25, 0.3) is 5.65 Å². The molecule has 10 heteroatoms. The Hall–Kier alpha value is -4.08. The number of nitrogens with zero attached hydrogens (tertiary/aromatic N) is 3. The van der Waals surface area contributed by atoms with Gasteiger partial charge in [-0.3, -0.25) is 19.2 Å². The van der Waals surface area contributed by atoms with Gasteiger partial charge in [0.15, 0.2) is 17.2 Å². The van der Waals surface area contributed by atoms with Crippen molar-refractivity contribution in [1.82, 2.24) is 25.2 Å². The summed E-state index contributed by atoms with van der Waals surface area (Å²) in [4.78, 5) is 54.4. The fraction of sp³-hybridized carbons (Fsp3) is 0.385. The molecule has 1 fully saturated rings. The van der Waals surface area contributed by atoms with Gasteiger partial charge in [-0.2, -0.15) is 5.10 Å². The lowest BCUT2D eigenvalue weighted by atomic mass is 9.81. The molecule has 36 heavy (non-hydrogen) atoms. The Labute approximate surface area is 207 Å². The lowest BCUT2D eigenvalue weighted by Gasteiger charge is -2.25. The highest BCUT2D eigenvalue weighted by atomic mass is 16.5. The quantitative estimate of drug-likeness (QED) is 0.495. The lowest BCUT2D eigenvalue weighted by Crippen LogP contribution is -2.40. The molecule has 1 aliphatic carbocycles. The second-order valence-electron chi connectivity index (χ2n) is 9.42. The van der Waals surface area contributed by atoms with E-state index in [1.54, 1.807) is 19.1 Å². The maximum atomic E-state index is 13.0. The van der Waals surface area contributed by atoms with Gasteiger partial charge >= 0.3 is 0 Å². The zero-order valence-electron chi connectivity index (χ0n) is 20.0. The highest BCUT2D eigenvalue weighted by Crippen LogP contribution is 2.30. The van der Waals surface area contributed by atoms with Crippen molar-refractivity contribution in [1.29, 1.82) is 0 Å². The zero-order chi connectivity index (χ0) is 25.2. The standard InChI is InChI=1S/C26H27N5O5/c1-15(22(33)10-16-3-2-4-16)29-26(35)21-12-20(30-24-7-8-28-31(21)24)25(34)27-13-17-5-6-23-18(9-17)11-19(32)14-36-23/h5-9,12,15-16H,2-4,10-11,13-14H2,1H3,(H,27,34)(H,29,35)/t15-/m0/s1. The first kappa shape index (κ1) is 23.7. The molecule has 2 amide bonds. The van der Waals surface area contributed by atoms with Gasteiger partial charge in [-0.25, -0.2) is 9.50 Å². The molecule has 0 saturated heterocycles. The van der Waals surface area contributed by atoms with Crippen LogP contribution in [0.4, 0.5) is 0 Å². The number of hydrogen-bond acceptors (Lipinski definition) is 7. The number of benzene rings is 1. The van der Waals surface area contributed by atoms with Gasteiger partial charge in [0.25, 0.3) is 11.8 Å². The van der Waals surface area contributed by atoms with E-state index in [0.717, 1.165) is 30.4 Å². The molecule has 0 spiro atoms. The summed E-state index contributed by atoms with van der Waals surface area (Å²) in [5.41, 5.74) is 2.10. The van der Waals surface area contributed by atoms with Crippen molar-refractivity contribution < 1.29 is 23.9 Å². The Balaban J connectivity index is 1.28. The molecule has 1 saturated carbocycles. The average molecular weight is 490 g/mol. The lowest BCUT2D eigenvalue weighted by molar-refractivity contribution is -0.122. The van der Waals surface area contributed by atoms with Crippen molar-refractivity contribution in [2.75, 3.05) is 6.61 Å². The monoisotopic (exact) mass is 489 g/mol. The minimum absolute atomic E-state index is 0.00562. The van der Waals surface area contributed by atoms with Crippen LogP contribution in [0.3, 0.4) is 0 Å². The predicted octanol–water partition coefficient (Wildman–Crippen LogP) is 2.04. The van der Waals surface area contributed by atoms with Gasteiger partial charge < -0.3 is 15.4 Å². The summed E-state index contributed by atoms with van der Waals surface area (Å²) in [6.45, 7) is 1.96. The second-order valence-corrected chi connectivity index (χ2v) is 9.42. The van der Waals surface area contributed by atoms with Crippen LogP contribution in [0.1, 0.15) is 64.7 Å². The number of Topliss-reactive ketones (excluding diaryl/α,β-unsaturated/α-hetero) is 2. The molecule has 0 bridgehead atoms. The molecule has 3 aromatic rings. The van der Waals surface area contributed by atoms with E-state index in [1.807, 2.05) is 12.1 Å². The summed E-state index contributed by atoms with van der Waals surface area (Å²) in [5.74, 6) is 0.115. The van der Waals surface area contributed by atoms with Crippen molar-refractivity contribution in [2.45, 2.75) is 51.6 Å². The smallest absolute Gasteiger partial charge is 0.270 e. The van der Waals surface area contributed by atoms with Crippen LogP contribution in [-0.2, 0) is 22.6 Å². The fourth-order valence-corrected chi connectivity index (χ4v) is 4.42. The molecule has 2 aliphatic rings. The van der Waals surface area contributed by atoms with Gasteiger partial charge in [0.1, 0.15) is 23.7 Å². The van der Waals surface area contributed by atoms with Crippen LogP contribution in [0.5, 0.6) is 5.75 Å². The Morgan fingerprint density at radius 1 is 1.17 bits per heavy atom. The number of carbonyl (C=O) groups is 4. The minimum Gasteiger partial charge on any atom is -0.486 e. The molecule has 2 N–H and O–H groups in total. The highest BCUT2D eigenvalue weighted by Gasteiger charge is 2.26. The minimum atomic E-state index is -0.644. The molecule has 5 rings (SSSR count). The van der Waals surface area contributed by atoms with E-state index in [1.165, 1.54) is 16.8 Å². The van der Waals surface area contributed by atoms with Crippen molar-refractivity contribution >= 4 is 29.0 Å². The third-order valence-electron chi connectivity index (χ3n) is 6.72. The molecule has 1 atom stereocenters. The van der Waals surface area contributed by atoms with Crippen LogP contribution in [0, 0.1) is 5.92 Å². The number of fused-ring (bicyclic) bond motifs is 2. The van der Waals surface area contributed by atoms with E-state index >= 15 is 0 Å². The van der Waals surface area contributed by atoms with Crippen LogP contribution in [0.15, 0.2) is 36.5 Å². The first-order valence-corrected chi connectivity index (χ1v) is 12.1. The summed E-state index contributed by atoms with van der Waals surface area (Å²) in [5, 5.41) is 9.69. The maximum absolute atomic E-state index is 13.0. The van der Waals surface area contributed by atoms with Crippen LogP contribution >= 0.6 is 0 Å². The number of amides is 2. The SMILES string of the molecule is C[C@H](NC(=O)c1cc(C(=O)NCc2ccc3c(c2)CC(=O)CO3)nc2ccnn12)C(=O)CC1CCC1. The first-order valence-electron chi connectivity index (χ1n) is 12.1. The number of aromatic nitrogens is 3. The van der Waals surface area contributed by atoms with Gasteiger partial charge in [0.05, 0.1) is 12.2 Å². The van der Waals surface area contributed by atoms with Gasteiger partial charge in [0.2, 0.25) is 0 Å². The molecule has 3 heterocycles. The summed E-state index contributed by atoms with van der Waals surface area (Å²) in [6.07, 6.45) is 5.52. The maximum Gasteiger partial charge on any atom is 0.270 e. The summed E-state index contributed by atoms with van der Waals surface area (Å²) >= 11 is 0. The third kappa shape index (κ3) is 4.98. The van der Waals surface area contributed by atoms with Gasteiger partial charge in [-0.1, -0.05) is 25.3 Å². The fourth-order valence-electron chi connectivity index (χ4n) is 4.42. The topological polar surface area (TPSA) is 132 Å². The molecule has 1 aromatic carbocycles. The van der Waals surface area contributed by atoms with Crippen molar-refractivity contribution in [2.24, 2.45) is 5.92 Å². The Morgan fingerprint density at radius 3 is 2.78 bits per heavy atom. The second kappa shape index (κ2) is 9.88. The van der Waals surface area contributed by atoms with E-state index in [9.17, 15) is 19.2 Å². The third-order valence-corrected chi connectivity index (χ3v) is 6.72. The number of ether oxygens (including phenoxy) is 1. The van der Waals surface area contributed by atoms with E-state index < -0.39 is 17.9 Å². The van der Waals surface area contributed by atoms with Crippen LogP contribution in [0.2, 0.25) is 0 Å². The molecule has 0 radical (unpaired) electrons. The van der Waals surface area contributed by atoms with E-state index in [-0.39, 0.29) is 36.1 Å². The highest BCUT2D eigenvalue weighted by molar-refractivity contribution is 6.00. The number of rotatable bonds is 8. The van der Waals surface area contributed by atoms with Gasteiger partial charge in [0, 0.05) is 37.1 Å². The van der Waals surface area contributed by atoms with E-state index in [2.05, 4.69) is 20.7 Å². The van der Waals surface area contributed by atoms with Crippen LogP contribution < -0.4 is 15.4 Å².